The Morgan fingerprint density at radius 1 is 0.891 bits per heavy atom. The summed E-state index contributed by atoms with van der Waals surface area (Å²) >= 11 is 2.91. The van der Waals surface area contributed by atoms with Gasteiger partial charge in [-0.25, -0.2) is 9.97 Å². The molecular weight excluding hydrogens is 937 g/mol. The number of ketones is 1. The molecule has 55 heavy (non-hydrogen) atoms. The second kappa shape index (κ2) is 16.7. The van der Waals surface area contributed by atoms with Crippen molar-refractivity contribution in [1.29, 1.82) is 0 Å². The van der Waals surface area contributed by atoms with Crippen LogP contribution in [0.2, 0.25) is 0 Å². The quantitative estimate of drug-likeness (QED) is 0.0726. The van der Waals surface area contributed by atoms with Gasteiger partial charge in [0, 0.05) is 55.1 Å². The summed E-state index contributed by atoms with van der Waals surface area (Å²) in [6.45, 7) is 18.0. The van der Waals surface area contributed by atoms with Gasteiger partial charge in [-0.15, -0.1) is 51.8 Å². The zero-order valence-electron chi connectivity index (χ0n) is 32.6. The first-order valence-corrected chi connectivity index (χ1v) is 19.1. The van der Waals surface area contributed by atoms with Gasteiger partial charge in [0.1, 0.15) is 11.7 Å². The Kier molecular flexibility index (Phi) is 14.0. The third-order valence-electron chi connectivity index (χ3n) is 9.26. The van der Waals surface area contributed by atoms with E-state index in [1.54, 1.807) is 37.7 Å². The van der Waals surface area contributed by atoms with Crippen LogP contribution < -0.4 is 0 Å². The number of benzene rings is 2. The Bertz CT molecular complexity index is 2170. The Hall–Kier alpha value is -3.19. The summed E-state index contributed by atoms with van der Waals surface area (Å²) in [7, 11) is 0. The molecule has 0 bridgehead atoms. The average Bonchev–Trinajstić information content (AvgIpc) is 3.67. The van der Waals surface area contributed by atoms with Crippen molar-refractivity contribution in [2.24, 2.45) is 16.7 Å². The molecule has 0 saturated heterocycles. The number of rotatable bonds is 8. The molecule has 0 unspecified atom stereocenters. The second-order valence-corrected chi connectivity index (χ2v) is 18.3. The number of fused-ring (bicyclic) bond motifs is 2. The summed E-state index contributed by atoms with van der Waals surface area (Å²) < 4.78 is 78.7. The smallest absolute Gasteiger partial charge is 0.401 e. The zero-order chi connectivity index (χ0) is 40.8. The van der Waals surface area contributed by atoms with Gasteiger partial charge in [0.15, 0.2) is 5.78 Å². The monoisotopic (exact) mass is 983 g/mol. The number of aromatic nitrogens is 3. The van der Waals surface area contributed by atoms with Gasteiger partial charge < -0.3 is 5.11 Å². The van der Waals surface area contributed by atoms with Crippen LogP contribution in [0.5, 0.6) is 0 Å². The predicted octanol–water partition coefficient (Wildman–Crippen LogP) is 13.2. The third-order valence-corrected chi connectivity index (χ3v) is 11.6. The number of halogens is 6. The minimum absolute atomic E-state index is 0. The summed E-state index contributed by atoms with van der Waals surface area (Å²) in [5, 5.41) is 11.9. The largest absolute Gasteiger partial charge is 0.512 e. The fourth-order valence-corrected chi connectivity index (χ4v) is 8.08. The number of nitrogens with zero attached hydrogens (tertiary/aromatic N) is 3. The number of thiazole rings is 1. The molecular formula is C41H46F6IrN3O2S2-. The van der Waals surface area contributed by atoms with Crippen LogP contribution in [0, 0.1) is 22.8 Å². The Labute approximate surface area is 340 Å². The summed E-state index contributed by atoms with van der Waals surface area (Å²) in [4.78, 5) is 26.9. The first-order chi connectivity index (χ1) is 24.7. The standard InChI is InChI=1S/C31H31F3N3S2.C10H15F3O2.Ir/c1-17(2)24-26-28(39-27(24)22-15-35-23(38-22)14-30(6,7)31(32,33)34)25(36-16-37-26)19-12-18-10-8-9-11-20(18)21(13-19)29(3,4)5;1-6(2)7(14)5-8(15)9(3,4)10(11,12)13;/h8-11,13,15-17H,14H2,1-7H3;5-6,14H,1-4H3;/q-1;;/b;7-5-;. The summed E-state index contributed by atoms with van der Waals surface area (Å²) in [6.07, 6.45) is -5.11. The van der Waals surface area contributed by atoms with Crippen LogP contribution in [0.15, 0.2) is 54.7 Å². The second-order valence-electron chi connectivity index (χ2n) is 16.2. The van der Waals surface area contributed by atoms with Crippen LogP contribution >= 0.6 is 22.7 Å². The molecule has 0 aliphatic heterocycles. The Balaban J connectivity index is 0.000000433. The van der Waals surface area contributed by atoms with Crippen LogP contribution in [-0.4, -0.2) is 38.2 Å². The maximum atomic E-state index is 13.5. The van der Waals surface area contributed by atoms with E-state index >= 15 is 0 Å². The number of allylic oxidation sites excluding steroid dienone is 2. The van der Waals surface area contributed by atoms with Crippen molar-refractivity contribution >= 4 is 49.4 Å². The number of hydrogen-bond donors (Lipinski definition) is 1. The van der Waals surface area contributed by atoms with E-state index in [9.17, 15) is 36.2 Å². The molecule has 3 aromatic heterocycles. The van der Waals surface area contributed by atoms with Crippen molar-refractivity contribution in [1.82, 2.24) is 15.0 Å². The number of thiophene rings is 1. The summed E-state index contributed by atoms with van der Waals surface area (Å²) in [5.41, 5.74) is 0.499. The molecule has 3 heterocycles. The Morgan fingerprint density at radius 2 is 1.51 bits per heavy atom. The van der Waals surface area contributed by atoms with Crippen LogP contribution in [-0.2, 0) is 36.7 Å². The number of alkyl halides is 6. The molecule has 0 atom stereocenters. The summed E-state index contributed by atoms with van der Waals surface area (Å²) in [5.74, 6) is -1.68. The Morgan fingerprint density at radius 3 is 2.05 bits per heavy atom. The van der Waals surface area contributed by atoms with E-state index in [1.165, 1.54) is 36.1 Å². The van der Waals surface area contributed by atoms with Crippen LogP contribution in [0.1, 0.15) is 98.2 Å². The molecule has 0 amide bonds. The SMILES string of the molecule is CC(C)/C(O)=C/C(=O)C(C)(C)C(F)(F)F.CC(C)c1c(-c2cnc(CC(C)(C)C(F)(F)F)s2)sc2c(-c3[c-]c4ccccc4c(C(C)(C)C)c3)ncnc12.[Ir]. The molecule has 1 N–H and O–H groups in total. The van der Waals surface area contributed by atoms with Gasteiger partial charge in [-0.2, -0.15) is 26.3 Å². The van der Waals surface area contributed by atoms with E-state index in [4.69, 9.17) is 4.98 Å². The minimum atomic E-state index is -4.61. The fraction of sp³-hybridized carbons (Fsp3) is 0.463. The van der Waals surface area contributed by atoms with E-state index in [0.29, 0.717) is 11.1 Å². The van der Waals surface area contributed by atoms with Gasteiger partial charge in [0.05, 0.1) is 31.5 Å². The van der Waals surface area contributed by atoms with Gasteiger partial charge in [0.25, 0.3) is 0 Å². The number of aliphatic hydroxyl groups is 1. The molecule has 0 spiro atoms. The van der Waals surface area contributed by atoms with E-state index in [1.807, 2.05) is 12.1 Å². The van der Waals surface area contributed by atoms with Crippen molar-refractivity contribution in [2.45, 2.75) is 106 Å². The van der Waals surface area contributed by atoms with Crippen molar-refractivity contribution < 1.29 is 56.3 Å². The van der Waals surface area contributed by atoms with E-state index < -0.39 is 29.0 Å². The molecule has 0 saturated carbocycles. The molecule has 0 aliphatic rings. The van der Waals surface area contributed by atoms with Crippen molar-refractivity contribution in [3.05, 3.63) is 76.9 Å². The normalized spacial score (nSPS) is 13.3. The molecule has 1 radical (unpaired) electrons. The predicted molar refractivity (Wildman–Crippen MR) is 207 cm³/mol. The van der Waals surface area contributed by atoms with Crippen molar-refractivity contribution in [2.75, 3.05) is 0 Å². The molecule has 301 valence electrons. The number of hydrogen-bond acceptors (Lipinski definition) is 7. The summed E-state index contributed by atoms with van der Waals surface area (Å²) in [6, 6.07) is 14.1. The molecule has 0 fully saturated rings. The number of carbonyl (C=O) groups is 1. The number of aliphatic hydroxyl groups excluding tert-OH is 1. The maximum absolute atomic E-state index is 13.5. The van der Waals surface area contributed by atoms with E-state index in [0.717, 1.165) is 56.0 Å². The molecule has 2 aromatic carbocycles. The molecule has 14 heteroatoms. The first kappa shape index (κ1) is 46.2. The maximum Gasteiger partial charge on any atom is 0.401 e. The molecule has 0 aliphatic carbocycles. The fourth-order valence-electron chi connectivity index (χ4n) is 5.41. The van der Waals surface area contributed by atoms with Gasteiger partial charge >= 0.3 is 12.4 Å². The molecule has 5 rings (SSSR count). The van der Waals surface area contributed by atoms with E-state index in [2.05, 4.69) is 68.9 Å². The van der Waals surface area contributed by atoms with Gasteiger partial charge in [-0.3, -0.25) is 9.78 Å². The number of carbonyl (C=O) groups excluding carboxylic acids is 1. The molecule has 5 nitrogen and oxygen atoms in total. The van der Waals surface area contributed by atoms with Crippen LogP contribution in [0.25, 0.3) is 42.0 Å². The molecule has 5 aromatic rings. The van der Waals surface area contributed by atoms with Gasteiger partial charge in [-0.1, -0.05) is 91.5 Å². The topological polar surface area (TPSA) is 76.0 Å². The van der Waals surface area contributed by atoms with Gasteiger partial charge in [-0.05, 0) is 30.7 Å². The van der Waals surface area contributed by atoms with E-state index in [-0.39, 0.29) is 49.5 Å². The average molecular weight is 983 g/mol. The van der Waals surface area contributed by atoms with Crippen LogP contribution in [0.4, 0.5) is 26.3 Å². The van der Waals surface area contributed by atoms with Crippen LogP contribution in [0.3, 0.4) is 0 Å². The first-order valence-electron chi connectivity index (χ1n) is 17.4. The van der Waals surface area contributed by atoms with Crippen molar-refractivity contribution in [3.63, 3.8) is 0 Å². The van der Waals surface area contributed by atoms with Gasteiger partial charge in [0.2, 0.25) is 0 Å². The van der Waals surface area contributed by atoms with Crippen molar-refractivity contribution in [3.8, 4) is 21.0 Å². The minimum Gasteiger partial charge on any atom is -0.512 e. The third kappa shape index (κ3) is 10.0. The zero-order valence-corrected chi connectivity index (χ0v) is 36.6.